The third-order valence-electron chi connectivity index (χ3n) is 4.59. The Kier molecular flexibility index (Phi) is 5.99. The third kappa shape index (κ3) is 4.39. The van der Waals surface area contributed by atoms with E-state index in [0.717, 1.165) is 24.8 Å². The summed E-state index contributed by atoms with van der Waals surface area (Å²) in [6.45, 7) is 3.20. The lowest BCUT2D eigenvalue weighted by atomic mass is 10.1. The number of nitrogens with one attached hydrogen (secondary N) is 1. The number of hydrogen-bond donors (Lipinski definition) is 1. The lowest BCUT2D eigenvalue weighted by Crippen LogP contribution is -2.36. The molecule has 8 heteroatoms. The summed E-state index contributed by atoms with van der Waals surface area (Å²) in [6.07, 6.45) is 3.05. The Morgan fingerprint density at radius 2 is 1.78 bits per heavy atom. The van der Waals surface area contributed by atoms with Gasteiger partial charge in [-0.25, -0.2) is 8.42 Å². The summed E-state index contributed by atoms with van der Waals surface area (Å²) >= 11 is 12.0. The van der Waals surface area contributed by atoms with Crippen LogP contribution in [0.5, 0.6) is 0 Å². The van der Waals surface area contributed by atoms with E-state index in [0.29, 0.717) is 18.7 Å². The van der Waals surface area contributed by atoms with Crippen molar-refractivity contribution in [2.24, 2.45) is 0 Å². The fraction of sp³-hybridized carbons (Fsp3) is 0.316. The van der Waals surface area contributed by atoms with Crippen LogP contribution < -0.4 is 4.72 Å². The van der Waals surface area contributed by atoms with Gasteiger partial charge in [0.25, 0.3) is 15.9 Å². The first kappa shape index (κ1) is 20.0. The number of sulfonamides is 1. The van der Waals surface area contributed by atoms with E-state index in [1.807, 2.05) is 0 Å². The smallest absolute Gasteiger partial charge is 0.261 e. The maximum atomic E-state index is 12.8. The van der Waals surface area contributed by atoms with Crippen molar-refractivity contribution in [3.8, 4) is 0 Å². The fourth-order valence-corrected chi connectivity index (χ4v) is 4.55. The molecule has 3 rings (SSSR count). The predicted molar refractivity (Wildman–Crippen MR) is 108 cm³/mol. The van der Waals surface area contributed by atoms with Gasteiger partial charge in [-0.05, 0) is 56.0 Å². The first-order chi connectivity index (χ1) is 12.8. The summed E-state index contributed by atoms with van der Waals surface area (Å²) in [5, 5.41) is 0.376. The molecule has 2 aromatic carbocycles. The number of hydrogen-bond acceptors (Lipinski definition) is 3. The molecule has 1 saturated heterocycles. The normalized spacial score (nSPS) is 14.9. The number of halogens is 2. The van der Waals surface area contributed by atoms with Crippen molar-refractivity contribution in [3.05, 3.63) is 57.6 Å². The van der Waals surface area contributed by atoms with Gasteiger partial charge in [-0.15, -0.1) is 0 Å². The molecule has 1 heterocycles. The number of piperidine rings is 1. The van der Waals surface area contributed by atoms with Gasteiger partial charge in [0.1, 0.15) is 0 Å². The van der Waals surface area contributed by atoms with Gasteiger partial charge in [0, 0.05) is 18.7 Å². The quantitative estimate of drug-likeness (QED) is 0.767. The molecule has 5 nitrogen and oxygen atoms in total. The maximum Gasteiger partial charge on any atom is 0.261 e. The van der Waals surface area contributed by atoms with Crippen molar-refractivity contribution in [2.45, 2.75) is 31.1 Å². The largest absolute Gasteiger partial charge is 0.339 e. The number of likely N-dealkylation sites (tertiary alicyclic amines) is 1. The Labute approximate surface area is 169 Å². The molecule has 1 aliphatic heterocycles. The number of aryl methyl sites for hydroxylation is 1. The van der Waals surface area contributed by atoms with Gasteiger partial charge in [0.05, 0.1) is 20.6 Å². The Morgan fingerprint density at radius 1 is 1.07 bits per heavy atom. The molecule has 0 radical (unpaired) electrons. The van der Waals surface area contributed by atoms with Crippen molar-refractivity contribution >= 4 is 44.8 Å². The molecule has 0 spiro atoms. The molecule has 0 aromatic heterocycles. The molecule has 0 unspecified atom stereocenters. The predicted octanol–water partition coefficient (Wildman–Crippen LogP) is 4.73. The Morgan fingerprint density at radius 3 is 2.48 bits per heavy atom. The van der Waals surface area contributed by atoms with E-state index in [1.54, 1.807) is 30.0 Å². The van der Waals surface area contributed by atoms with E-state index < -0.39 is 10.0 Å². The van der Waals surface area contributed by atoms with E-state index in [1.165, 1.54) is 18.2 Å². The molecule has 1 amide bonds. The summed E-state index contributed by atoms with van der Waals surface area (Å²) in [5.74, 6) is -0.134. The first-order valence-corrected chi connectivity index (χ1v) is 10.9. The van der Waals surface area contributed by atoms with Crippen LogP contribution in [0.2, 0.25) is 10.0 Å². The molecule has 1 fully saturated rings. The summed E-state index contributed by atoms with van der Waals surface area (Å²) in [7, 11) is -3.92. The van der Waals surface area contributed by atoms with Gasteiger partial charge in [-0.3, -0.25) is 9.52 Å². The van der Waals surface area contributed by atoms with Crippen LogP contribution in [0.1, 0.15) is 35.2 Å². The monoisotopic (exact) mass is 426 g/mol. The number of carbonyl (C=O) groups is 1. The number of benzene rings is 2. The van der Waals surface area contributed by atoms with Crippen LogP contribution in [0.15, 0.2) is 41.3 Å². The van der Waals surface area contributed by atoms with Gasteiger partial charge < -0.3 is 4.90 Å². The molecule has 1 aliphatic rings. The minimum atomic E-state index is -3.92. The zero-order valence-corrected chi connectivity index (χ0v) is 17.2. The van der Waals surface area contributed by atoms with Crippen molar-refractivity contribution in [1.82, 2.24) is 4.90 Å². The van der Waals surface area contributed by atoms with Crippen molar-refractivity contribution in [1.29, 1.82) is 0 Å². The molecule has 0 atom stereocenters. The third-order valence-corrected chi connectivity index (χ3v) is 6.77. The van der Waals surface area contributed by atoms with Crippen molar-refractivity contribution in [2.75, 3.05) is 17.8 Å². The van der Waals surface area contributed by atoms with Gasteiger partial charge in [0.15, 0.2) is 0 Å². The van der Waals surface area contributed by atoms with Crippen LogP contribution in [0.3, 0.4) is 0 Å². The zero-order valence-electron chi connectivity index (χ0n) is 14.8. The number of nitrogens with zero attached hydrogens (tertiary/aromatic N) is 1. The van der Waals surface area contributed by atoms with Gasteiger partial charge in [-0.2, -0.15) is 0 Å². The van der Waals surface area contributed by atoms with E-state index in [4.69, 9.17) is 23.2 Å². The minimum absolute atomic E-state index is 0.00417. The van der Waals surface area contributed by atoms with E-state index in [2.05, 4.69) is 4.72 Å². The van der Waals surface area contributed by atoms with Crippen LogP contribution >= 0.6 is 23.2 Å². The number of carbonyl (C=O) groups excluding carboxylic acids is 1. The average Bonchev–Trinajstić information content (AvgIpc) is 2.66. The minimum Gasteiger partial charge on any atom is -0.339 e. The second-order valence-corrected chi connectivity index (χ2v) is 9.00. The van der Waals surface area contributed by atoms with Crippen molar-refractivity contribution in [3.63, 3.8) is 0 Å². The maximum absolute atomic E-state index is 12.8. The second kappa shape index (κ2) is 8.09. The lowest BCUT2D eigenvalue weighted by Gasteiger charge is -2.27. The highest BCUT2D eigenvalue weighted by molar-refractivity contribution is 7.92. The highest BCUT2D eigenvalue weighted by atomic mass is 35.5. The van der Waals surface area contributed by atoms with Crippen LogP contribution in [-0.2, 0) is 10.0 Å². The van der Waals surface area contributed by atoms with E-state index >= 15 is 0 Å². The second-order valence-electron chi connectivity index (χ2n) is 6.54. The summed E-state index contributed by atoms with van der Waals surface area (Å²) in [6, 6.07) is 9.25. The molecule has 0 saturated carbocycles. The van der Waals surface area contributed by atoms with E-state index in [-0.39, 0.29) is 26.5 Å². The molecule has 0 aliphatic carbocycles. The summed E-state index contributed by atoms with van der Waals surface area (Å²) < 4.78 is 28.0. The van der Waals surface area contributed by atoms with Gasteiger partial charge in [0.2, 0.25) is 0 Å². The van der Waals surface area contributed by atoms with E-state index in [9.17, 15) is 13.2 Å². The standard InChI is InChI=1S/C19H20Cl2N2O3S/c1-13-8-9-14(12-15(13)19(24)23-10-3-2-4-11-23)27(25,26)22-17-7-5-6-16(20)18(17)21/h5-9,12,22H,2-4,10-11H2,1H3. The molecule has 27 heavy (non-hydrogen) atoms. The van der Waals surface area contributed by atoms with Gasteiger partial charge in [-0.1, -0.05) is 35.3 Å². The zero-order chi connectivity index (χ0) is 19.6. The Balaban J connectivity index is 1.92. The van der Waals surface area contributed by atoms with Crippen molar-refractivity contribution < 1.29 is 13.2 Å². The van der Waals surface area contributed by atoms with Gasteiger partial charge >= 0.3 is 0 Å². The van der Waals surface area contributed by atoms with Crippen LogP contribution in [0.4, 0.5) is 5.69 Å². The Hall–Kier alpha value is -1.76. The highest BCUT2D eigenvalue weighted by Gasteiger charge is 2.23. The molecule has 2 aromatic rings. The topological polar surface area (TPSA) is 66.5 Å². The summed E-state index contributed by atoms with van der Waals surface area (Å²) in [4.78, 5) is 14.6. The molecule has 1 N–H and O–H groups in total. The average molecular weight is 427 g/mol. The fourth-order valence-electron chi connectivity index (χ4n) is 3.05. The molecule has 0 bridgehead atoms. The molecule has 144 valence electrons. The van der Waals surface area contributed by atoms with Crippen LogP contribution in [0, 0.1) is 6.92 Å². The number of anilines is 1. The van der Waals surface area contributed by atoms with Crippen LogP contribution in [-0.4, -0.2) is 32.3 Å². The number of amides is 1. The number of rotatable bonds is 4. The van der Waals surface area contributed by atoms with Crippen LogP contribution in [0.25, 0.3) is 0 Å². The first-order valence-electron chi connectivity index (χ1n) is 8.66. The highest BCUT2D eigenvalue weighted by Crippen LogP contribution is 2.31. The SMILES string of the molecule is Cc1ccc(S(=O)(=O)Nc2cccc(Cl)c2Cl)cc1C(=O)N1CCCCC1. The molecular weight excluding hydrogens is 407 g/mol. The Bertz CT molecular complexity index is 971. The molecular formula is C19H20Cl2N2O3S. The lowest BCUT2D eigenvalue weighted by molar-refractivity contribution is 0.0723. The summed E-state index contributed by atoms with van der Waals surface area (Å²) in [5.41, 5.74) is 1.33.